The maximum absolute atomic E-state index is 12.0. The summed E-state index contributed by atoms with van der Waals surface area (Å²) in [5.74, 6) is -0.679. The maximum atomic E-state index is 12.0. The lowest BCUT2D eigenvalue weighted by Gasteiger charge is -2.18. The van der Waals surface area contributed by atoms with Crippen LogP contribution in [0.3, 0.4) is 0 Å². The van der Waals surface area contributed by atoms with Gasteiger partial charge in [-0.3, -0.25) is 10.1 Å². The molecular weight excluding hydrogens is 291 g/mol. The van der Waals surface area contributed by atoms with Crippen molar-refractivity contribution in [3.63, 3.8) is 0 Å². The van der Waals surface area contributed by atoms with Gasteiger partial charge in [-0.15, -0.1) is 11.3 Å². The fraction of sp³-hybridized carbons (Fsp3) is 0.667. The van der Waals surface area contributed by atoms with Gasteiger partial charge in [-0.25, -0.2) is 4.98 Å². The van der Waals surface area contributed by atoms with Crippen LogP contribution in [0.4, 0.5) is 13.2 Å². The van der Waals surface area contributed by atoms with Gasteiger partial charge in [0.1, 0.15) is 11.6 Å². The number of nitrogens with one attached hydrogen (secondary N) is 2. The fourth-order valence-electron chi connectivity index (χ4n) is 1.55. The van der Waals surface area contributed by atoms with Gasteiger partial charge in [0, 0.05) is 11.1 Å². The van der Waals surface area contributed by atoms with Crippen LogP contribution in [0.1, 0.15) is 36.7 Å². The Hall–Kier alpha value is -1.15. The lowest BCUT2D eigenvalue weighted by atomic mass is 10.2. The second-order valence-electron chi connectivity index (χ2n) is 4.46. The smallest absolute Gasteiger partial charge is 0.346 e. The van der Waals surface area contributed by atoms with Crippen LogP contribution in [0.2, 0.25) is 0 Å². The Morgan fingerprint density at radius 3 is 2.60 bits per heavy atom. The van der Waals surface area contributed by atoms with Crippen LogP contribution in [0.5, 0.6) is 0 Å². The molecule has 4 nitrogen and oxygen atoms in total. The highest BCUT2D eigenvalue weighted by atomic mass is 32.1. The molecule has 1 aromatic heterocycles. The Bertz CT molecular complexity index is 447. The first kappa shape index (κ1) is 16.9. The van der Waals surface area contributed by atoms with Crippen molar-refractivity contribution in [3.05, 3.63) is 16.1 Å². The SMILES string of the molecule is CCc1cnc(C(C)NC(C)C(=O)NCC(F)(F)F)s1. The van der Waals surface area contributed by atoms with Crippen LogP contribution < -0.4 is 10.6 Å². The predicted octanol–water partition coefficient (Wildman–Crippen LogP) is 2.42. The van der Waals surface area contributed by atoms with Crippen molar-refractivity contribution >= 4 is 17.2 Å². The number of hydrogen-bond acceptors (Lipinski definition) is 4. The number of nitrogens with zero attached hydrogens (tertiary/aromatic N) is 1. The topological polar surface area (TPSA) is 54.0 Å². The van der Waals surface area contributed by atoms with Crippen molar-refractivity contribution < 1.29 is 18.0 Å². The minimum atomic E-state index is -4.40. The van der Waals surface area contributed by atoms with E-state index in [4.69, 9.17) is 0 Å². The molecule has 2 N–H and O–H groups in total. The number of amides is 1. The lowest BCUT2D eigenvalue weighted by molar-refractivity contribution is -0.139. The summed E-state index contributed by atoms with van der Waals surface area (Å²) in [6, 6.07) is -0.909. The molecule has 1 rings (SSSR count). The van der Waals surface area contributed by atoms with Gasteiger partial charge in [0.25, 0.3) is 0 Å². The summed E-state index contributed by atoms with van der Waals surface area (Å²) in [7, 11) is 0. The highest BCUT2D eigenvalue weighted by Crippen LogP contribution is 2.20. The van der Waals surface area contributed by atoms with Crippen molar-refractivity contribution in [3.8, 4) is 0 Å². The van der Waals surface area contributed by atoms with Gasteiger partial charge in [-0.05, 0) is 20.3 Å². The number of rotatable bonds is 6. The summed E-state index contributed by atoms with van der Waals surface area (Å²) in [5.41, 5.74) is 0. The summed E-state index contributed by atoms with van der Waals surface area (Å²) < 4.78 is 36.0. The molecule has 20 heavy (non-hydrogen) atoms. The van der Waals surface area contributed by atoms with Gasteiger partial charge < -0.3 is 5.32 Å². The van der Waals surface area contributed by atoms with E-state index in [1.54, 1.807) is 6.20 Å². The fourth-order valence-corrected chi connectivity index (χ4v) is 2.42. The molecule has 1 amide bonds. The van der Waals surface area contributed by atoms with E-state index < -0.39 is 24.7 Å². The van der Waals surface area contributed by atoms with E-state index in [0.717, 1.165) is 16.3 Å². The third kappa shape index (κ3) is 5.46. The van der Waals surface area contributed by atoms with Crippen LogP contribution in [0.15, 0.2) is 6.20 Å². The molecule has 0 aliphatic rings. The Kier molecular flexibility index (Phi) is 5.94. The van der Waals surface area contributed by atoms with Gasteiger partial charge in [0.15, 0.2) is 0 Å². The third-order valence-corrected chi connectivity index (χ3v) is 3.97. The van der Waals surface area contributed by atoms with Crippen molar-refractivity contribution in [2.24, 2.45) is 0 Å². The molecule has 1 aromatic rings. The summed E-state index contributed by atoms with van der Waals surface area (Å²) >= 11 is 1.53. The molecule has 2 unspecified atom stereocenters. The molecule has 0 bridgehead atoms. The zero-order chi connectivity index (χ0) is 15.3. The Morgan fingerprint density at radius 2 is 2.10 bits per heavy atom. The zero-order valence-corrected chi connectivity index (χ0v) is 12.4. The second-order valence-corrected chi connectivity index (χ2v) is 5.61. The quantitative estimate of drug-likeness (QED) is 0.848. The number of carbonyl (C=O) groups is 1. The minimum Gasteiger partial charge on any atom is -0.346 e. The molecule has 8 heteroatoms. The van der Waals surface area contributed by atoms with Crippen LogP contribution in [-0.4, -0.2) is 29.7 Å². The predicted molar refractivity (Wildman–Crippen MR) is 71.6 cm³/mol. The van der Waals surface area contributed by atoms with Gasteiger partial charge in [-0.2, -0.15) is 13.2 Å². The molecule has 1 heterocycles. The average Bonchev–Trinajstić information content (AvgIpc) is 2.83. The van der Waals surface area contributed by atoms with E-state index in [2.05, 4.69) is 10.3 Å². The number of aryl methyl sites for hydroxylation is 1. The normalized spacial score (nSPS) is 14.9. The molecule has 2 atom stereocenters. The first-order valence-corrected chi connectivity index (χ1v) is 7.09. The molecule has 0 fully saturated rings. The number of halogens is 3. The molecule has 0 aliphatic heterocycles. The summed E-state index contributed by atoms with van der Waals surface area (Å²) in [6.07, 6.45) is -1.75. The van der Waals surface area contributed by atoms with Crippen molar-refractivity contribution in [1.82, 2.24) is 15.6 Å². The maximum Gasteiger partial charge on any atom is 0.405 e. The molecule has 114 valence electrons. The van der Waals surface area contributed by atoms with E-state index in [1.165, 1.54) is 18.3 Å². The van der Waals surface area contributed by atoms with Gasteiger partial charge in [0.05, 0.1) is 12.1 Å². The standard InChI is InChI=1S/C12H18F3N3OS/c1-4-9-5-16-11(20-9)8(3)18-7(2)10(19)17-6-12(13,14)15/h5,7-8,18H,4,6H2,1-3H3,(H,17,19). The van der Waals surface area contributed by atoms with E-state index in [9.17, 15) is 18.0 Å². The largest absolute Gasteiger partial charge is 0.405 e. The molecule has 0 aliphatic carbocycles. The highest BCUT2D eigenvalue weighted by Gasteiger charge is 2.29. The molecule has 0 aromatic carbocycles. The van der Waals surface area contributed by atoms with E-state index in [1.807, 2.05) is 19.2 Å². The molecular formula is C12H18F3N3OS. The summed E-state index contributed by atoms with van der Waals surface area (Å²) in [5, 5.41) is 5.61. The second kappa shape index (κ2) is 7.03. The van der Waals surface area contributed by atoms with Gasteiger partial charge in [0.2, 0.25) is 5.91 Å². The van der Waals surface area contributed by atoms with Crippen molar-refractivity contribution in [1.29, 1.82) is 0 Å². The number of aromatic nitrogens is 1. The highest BCUT2D eigenvalue weighted by molar-refractivity contribution is 7.11. The van der Waals surface area contributed by atoms with E-state index >= 15 is 0 Å². The Balaban J connectivity index is 2.48. The van der Waals surface area contributed by atoms with E-state index in [0.29, 0.717) is 0 Å². The van der Waals surface area contributed by atoms with Crippen molar-refractivity contribution in [2.75, 3.05) is 6.54 Å². The van der Waals surface area contributed by atoms with Crippen LogP contribution >= 0.6 is 11.3 Å². The first-order chi connectivity index (χ1) is 9.23. The van der Waals surface area contributed by atoms with Crippen LogP contribution in [-0.2, 0) is 11.2 Å². The molecule has 0 saturated heterocycles. The third-order valence-electron chi connectivity index (χ3n) is 2.65. The zero-order valence-electron chi connectivity index (χ0n) is 11.5. The Labute approximate surface area is 119 Å². The lowest BCUT2D eigenvalue weighted by Crippen LogP contribution is -2.45. The van der Waals surface area contributed by atoms with Gasteiger partial charge >= 0.3 is 6.18 Å². The molecule has 0 radical (unpaired) electrons. The van der Waals surface area contributed by atoms with Gasteiger partial charge in [-0.1, -0.05) is 6.92 Å². The van der Waals surface area contributed by atoms with E-state index in [-0.39, 0.29) is 6.04 Å². The number of thiazole rings is 1. The van der Waals surface area contributed by atoms with Crippen LogP contribution in [0.25, 0.3) is 0 Å². The number of carbonyl (C=O) groups excluding carboxylic acids is 1. The molecule has 0 spiro atoms. The minimum absolute atomic E-state index is 0.188. The summed E-state index contributed by atoms with van der Waals surface area (Å²) in [6.45, 7) is 4.05. The average molecular weight is 309 g/mol. The van der Waals surface area contributed by atoms with Crippen molar-refractivity contribution in [2.45, 2.75) is 45.5 Å². The monoisotopic (exact) mass is 309 g/mol. The summed E-state index contributed by atoms with van der Waals surface area (Å²) in [4.78, 5) is 16.9. The molecule has 0 saturated carbocycles. The number of alkyl halides is 3. The Morgan fingerprint density at radius 1 is 1.45 bits per heavy atom. The number of hydrogen-bond donors (Lipinski definition) is 2. The van der Waals surface area contributed by atoms with Crippen LogP contribution in [0, 0.1) is 0 Å². The first-order valence-electron chi connectivity index (χ1n) is 6.28.